The van der Waals surface area contributed by atoms with Gasteiger partial charge in [0.2, 0.25) is 0 Å². The minimum absolute atomic E-state index is 0.0829. The first-order valence-corrected chi connectivity index (χ1v) is 7.11. The highest BCUT2D eigenvalue weighted by Gasteiger charge is 2.29. The molecular weight excluding hydrogens is 228 g/mol. The maximum absolute atomic E-state index is 11.9. The van der Waals surface area contributed by atoms with Gasteiger partial charge in [0, 0.05) is 13.1 Å². The van der Waals surface area contributed by atoms with Gasteiger partial charge in [0.05, 0.1) is 6.61 Å². The summed E-state index contributed by atoms with van der Waals surface area (Å²) in [6.45, 7) is 10.9. The largest absolute Gasteiger partial charge is 0.465 e. The van der Waals surface area contributed by atoms with Crippen LogP contribution in [0.4, 0.5) is 0 Å². The van der Waals surface area contributed by atoms with E-state index in [0.29, 0.717) is 12.0 Å². The zero-order valence-corrected chi connectivity index (χ0v) is 12.3. The molecule has 1 aliphatic heterocycles. The number of nitrogens with one attached hydrogen (secondary N) is 1. The molecule has 1 fully saturated rings. The Bertz CT molecular complexity index is 261. The summed E-state index contributed by atoms with van der Waals surface area (Å²) < 4.78 is 5.14. The SMILES string of the molecule is CCOC(=O)C1CCCCN1NCCC(C)(C)C. The minimum atomic E-state index is -0.0985. The highest BCUT2D eigenvalue weighted by Crippen LogP contribution is 2.19. The maximum atomic E-state index is 11.9. The molecule has 0 spiro atoms. The average Bonchev–Trinajstić information content (AvgIpc) is 2.28. The van der Waals surface area contributed by atoms with E-state index in [1.165, 1.54) is 0 Å². The fraction of sp³-hybridized carbons (Fsp3) is 0.929. The summed E-state index contributed by atoms with van der Waals surface area (Å²) in [6.07, 6.45) is 4.26. The monoisotopic (exact) mass is 256 g/mol. The number of carbonyl (C=O) groups is 1. The Morgan fingerprint density at radius 1 is 1.39 bits per heavy atom. The standard InChI is InChI=1S/C14H28N2O2/c1-5-18-13(17)12-8-6-7-11-16(12)15-10-9-14(2,3)4/h12,15H,5-11H2,1-4H3. The number of hydrogen-bond donors (Lipinski definition) is 1. The molecule has 0 aromatic carbocycles. The van der Waals surface area contributed by atoms with Crippen molar-refractivity contribution < 1.29 is 9.53 Å². The number of rotatable bonds is 5. The molecule has 1 saturated heterocycles. The third-order valence-corrected chi connectivity index (χ3v) is 3.25. The molecule has 4 heteroatoms. The van der Waals surface area contributed by atoms with Crippen LogP contribution >= 0.6 is 0 Å². The Balaban J connectivity index is 2.42. The zero-order valence-electron chi connectivity index (χ0n) is 12.3. The molecule has 1 N–H and O–H groups in total. The van der Waals surface area contributed by atoms with Crippen molar-refractivity contribution in [3.8, 4) is 0 Å². The van der Waals surface area contributed by atoms with Crippen LogP contribution in [0, 0.1) is 5.41 Å². The maximum Gasteiger partial charge on any atom is 0.324 e. The number of carbonyl (C=O) groups excluding carboxylic acids is 1. The van der Waals surface area contributed by atoms with E-state index in [2.05, 4.69) is 31.2 Å². The Morgan fingerprint density at radius 3 is 2.72 bits per heavy atom. The van der Waals surface area contributed by atoms with Crippen LogP contribution in [0.2, 0.25) is 0 Å². The topological polar surface area (TPSA) is 41.6 Å². The zero-order chi connectivity index (χ0) is 13.6. The van der Waals surface area contributed by atoms with Gasteiger partial charge in [-0.2, -0.15) is 0 Å². The molecule has 0 bridgehead atoms. The van der Waals surface area contributed by atoms with E-state index < -0.39 is 0 Å². The first-order chi connectivity index (χ1) is 8.44. The van der Waals surface area contributed by atoms with Crippen molar-refractivity contribution in [3.63, 3.8) is 0 Å². The van der Waals surface area contributed by atoms with E-state index in [1.54, 1.807) is 0 Å². The van der Waals surface area contributed by atoms with Crippen LogP contribution in [0.3, 0.4) is 0 Å². The fourth-order valence-electron chi connectivity index (χ4n) is 2.18. The molecule has 4 nitrogen and oxygen atoms in total. The highest BCUT2D eigenvalue weighted by atomic mass is 16.5. The lowest BCUT2D eigenvalue weighted by atomic mass is 9.92. The first kappa shape index (κ1) is 15.4. The van der Waals surface area contributed by atoms with Gasteiger partial charge >= 0.3 is 5.97 Å². The van der Waals surface area contributed by atoms with Crippen LogP contribution in [0.15, 0.2) is 0 Å². The normalized spacial score (nSPS) is 21.9. The van der Waals surface area contributed by atoms with Crippen LogP contribution in [-0.2, 0) is 9.53 Å². The summed E-state index contributed by atoms with van der Waals surface area (Å²) in [5, 5.41) is 2.08. The number of esters is 1. The molecule has 0 aliphatic carbocycles. The predicted molar refractivity (Wildman–Crippen MR) is 73.1 cm³/mol. The van der Waals surface area contributed by atoms with Crippen molar-refractivity contribution in [1.29, 1.82) is 0 Å². The molecule has 0 aromatic heterocycles. The summed E-state index contributed by atoms with van der Waals surface area (Å²) in [5.41, 5.74) is 3.72. The van der Waals surface area contributed by atoms with Crippen LogP contribution in [0.1, 0.15) is 53.4 Å². The fourth-order valence-corrected chi connectivity index (χ4v) is 2.18. The van der Waals surface area contributed by atoms with E-state index >= 15 is 0 Å². The number of ether oxygens (including phenoxy) is 1. The van der Waals surface area contributed by atoms with Crippen LogP contribution in [0.25, 0.3) is 0 Å². The summed E-state index contributed by atoms with van der Waals surface area (Å²) in [4.78, 5) is 11.9. The molecule has 1 rings (SSSR count). The quantitative estimate of drug-likeness (QED) is 0.767. The van der Waals surface area contributed by atoms with E-state index in [4.69, 9.17) is 4.74 Å². The lowest BCUT2D eigenvalue weighted by Gasteiger charge is -2.34. The highest BCUT2D eigenvalue weighted by molar-refractivity contribution is 5.75. The van der Waals surface area contributed by atoms with E-state index in [9.17, 15) is 4.79 Å². The van der Waals surface area contributed by atoms with Crippen molar-refractivity contribution in [2.75, 3.05) is 19.7 Å². The van der Waals surface area contributed by atoms with Gasteiger partial charge < -0.3 is 4.74 Å². The molecule has 1 aliphatic rings. The number of nitrogens with zero attached hydrogens (tertiary/aromatic N) is 1. The molecule has 18 heavy (non-hydrogen) atoms. The Hall–Kier alpha value is -0.610. The number of hydrogen-bond acceptors (Lipinski definition) is 4. The van der Waals surface area contributed by atoms with Gasteiger partial charge in [-0.1, -0.05) is 20.8 Å². The number of hydrazine groups is 1. The van der Waals surface area contributed by atoms with Crippen molar-refractivity contribution in [2.45, 2.75) is 59.4 Å². The van der Waals surface area contributed by atoms with Gasteiger partial charge in [-0.25, -0.2) is 5.01 Å². The first-order valence-electron chi connectivity index (χ1n) is 7.11. The molecule has 1 heterocycles. The summed E-state index contributed by atoms with van der Waals surface area (Å²) >= 11 is 0. The summed E-state index contributed by atoms with van der Waals surface area (Å²) in [6, 6.07) is -0.0985. The van der Waals surface area contributed by atoms with Gasteiger partial charge in [-0.15, -0.1) is 0 Å². The lowest BCUT2D eigenvalue weighted by molar-refractivity contribution is -0.152. The molecule has 0 amide bonds. The third kappa shape index (κ3) is 5.36. The Morgan fingerprint density at radius 2 is 2.11 bits per heavy atom. The molecule has 1 atom stereocenters. The van der Waals surface area contributed by atoms with E-state index in [0.717, 1.165) is 38.8 Å². The van der Waals surface area contributed by atoms with Gasteiger partial charge in [0.25, 0.3) is 0 Å². The third-order valence-electron chi connectivity index (χ3n) is 3.25. The number of piperidine rings is 1. The molecule has 106 valence electrons. The second-order valence-electron chi connectivity index (χ2n) is 6.18. The van der Waals surface area contributed by atoms with E-state index in [1.807, 2.05) is 6.92 Å². The molecule has 0 aromatic rings. The lowest BCUT2D eigenvalue weighted by Crippen LogP contribution is -2.53. The van der Waals surface area contributed by atoms with E-state index in [-0.39, 0.29) is 12.0 Å². The summed E-state index contributed by atoms with van der Waals surface area (Å²) in [7, 11) is 0. The molecule has 0 saturated carbocycles. The smallest absolute Gasteiger partial charge is 0.324 e. The van der Waals surface area contributed by atoms with Crippen molar-refractivity contribution in [1.82, 2.24) is 10.4 Å². The second kappa shape index (κ2) is 7.10. The predicted octanol–water partition coefficient (Wildman–Crippen LogP) is 2.34. The molecule has 0 radical (unpaired) electrons. The molecular formula is C14H28N2O2. The Labute approximate surface area is 111 Å². The average molecular weight is 256 g/mol. The van der Waals surface area contributed by atoms with Gasteiger partial charge in [-0.05, 0) is 38.0 Å². The second-order valence-corrected chi connectivity index (χ2v) is 6.18. The molecule has 1 unspecified atom stereocenters. The Kier molecular flexibility index (Phi) is 6.09. The van der Waals surface area contributed by atoms with Gasteiger partial charge in [0.15, 0.2) is 0 Å². The minimum Gasteiger partial charge on any atom is -0.465 e. The van der Waals surface area contributed by atoms with Gasteiger partial charge in [0.1, 0.15) is 6.04 Å². The van der Waals surface area contributed by atoms with Crippen molar-refractivity contribution in [2.24, 2.45) is 5.41 Å². The van der Waals surface area contributed by atoms with Gasteiger partial charge in [-0.3, -0.25) is 10.2 Å². The van der Waals surface area contributed by atoms with Crippen LogP contribution in [-0.4, -0.2) is 36.7 Å². The van der Waals surface area contributed by atoms with Crippen molar-refractivity contribution in [3.05, 3.63) is 0 Å². The van der Waals surface area contributed by atoms with Crippen molar-refractivity contribution >= 4 is 5.97 Å². The summed E-state index contributed by atoms with van der Waals surface area (Å²) in [5.74, 6) is -0.0829. The van der Waals surface area contributed by atoms with Crippen LogP contribution in [0.5, 0.6) is 0 Å². The van der Waals surface area contributed by atoms with Crippen LogP contribution < -0.4 is 5.43 Å².